The van der Waals surface area contributed by atoms with Gasteiger partial charge >= 0.3 is 0 Å². The van der Waals surface area contributed by atoms with Crippen molar-refractivity contribution in [1.82, 2.24) is 0 Å². The lowest BCUT2D eigenvalue weighted by Gasteiger charge is -1.99. The van der Waals surface area contributed by atoms with Crippen LogP contribution in [0.15, 0.2) is 45.5 Å². The van der Waals surface area contributed by atoms with E-state index < -0.39 is 9.84 Å². The molecule has 0 aliphatic carbocycles. The maximum Gasteiger partial charge on any atom is 0.216 e. The zero-order chi connectivity index (χ0) is 11.6. The van der Waals surface area contributed by atoms with E-state index in [4.69, 9.17) is 5.73 Å². The molecule has 83 valence electrons. The molecule has 1 aromatic carbocycles. The largest absolute Gasteiger partial charge is 0.326 e. The molecule has 0 amide bonds. The van der Waals surface area contributed by atoms with Crippen LogP contribution >= 0.6 is 11.3 Å². The van der Waals surface area contributed by atoms with Crippen LogP contribution in [0, 0.1) is 6.07 Å². The van der Waals surface area contributed by atoms with Crippen LogP contribution in [0.1, 0.15) is 4.88 Å². The number of hydrogen-bond donors (Lipinski definition) is 1. The summed E-state index contributed by atoms with van der Waals surface area (Å²) in [6.45, 7) is 0.360. The Bertz CT molecular complexity index is 573. The van der Waals surface area contributed by atoms with Gasteiger partial charge in [0.25, 0.3) is 0 Å². The van der Waals surface area contributed by atoms with Crippen molar-refractivity contribution in [3.63, 3.8) is 0 Å². The molecule has 0 atom stereocenters. The Kier molecular flexibility index (Phi) is 3.09. The van der Waals surface area contributed by atoms with Crippen LogP contribution in [0.5, 0.6) is 0 Å². The number of rotatable bonds is 3. The van der Waals surface area contributed by atoms with Gasteiger partial charge in [0.05, 0.1) is 4.90 Å². The molecule has 0 unspecified atom stereocenters. The predicted molar refractivity (Wildman–Crippen MR) is 62.9 cm³/mol. The second-order valence-corrected chi connectivity index (χ2v) is 6.47. The fraction of sp³-hybridized carbons (Fsp3) is 0.0909. The summed E-state index contributed by atoms with van der Waals surface area (Å²) in [4.78, 5) is 1.05. The van der Waals surface area contributed by atoms with Crippen LogP contribution in [0.2, 0.25) is 0 Å². The first-order valence-corrected chi connectivity index (χ1v) is 6.95. The van der Waals surface area contributed by atoms with Gasteiger partial charge in [-0.25, -0.2) is 8.42 Å². The first-order chi connectivity index (χ1) is 7.64. The molecule has 2 aromatic rings. The van der Waals surface area contributed by atoms with Gasteiger partial charge in [0, 0.05) is 17.5 Å². The molecule has 1 aromatic heterocycles. The topological polar surface area (TPSA) is 60.2 Å². The minimum absolute atomic E-state index is 0.195. The van der Waals surface area contributed by atoms with E-state index in [1.165, 1.54) is 17.4 Å². The van der Waals surface area contributed by atoms with Crippen molar-refractivity contribution in [2.45, 2.75) is 15.6 Å². The average Bonchev–Trinajstić information content (AvgIpc) is 2.79. The molecular weight excluding hydrogens is 242 g/mol. The third-order valence-corrected chi connectivity index (χ3v) is 5.38. The zero-order valence-electron chi connectivity index (χ0n) is 8.38. The van der Waals surface area contributed by atoms with Crippen molar-refractivity contribution in [2.24, 2.45) is 5.73 Å². The van der Waals surface area contributed by atoms with Crippen LogP contribution in [0.3, 0.4) is 0 Å². The Labute approximate surface area is 98.5 Å². The van der Waals surface area contributed by atoms with Crippen molar-refractivity contribution >= 4 is 21.2 Å². The second-order valence-electron chi connectivity index (χ2n) is 3.16. The van der Waals surface area contributed by atoms with E-state index in [0.29, 0.717) is 10.8 Å². The molecule has 3 nitrogen and oxygen atoms in total. The lowest BCUT2D eigenvalue weighted by molar-refractivity contribution is 0.598. The normalized spacial score (nSPS) is 11.6. The fourth-order valence-corrected chi connectivity index (χ4v) is 3.85. The molecule has 2 rings (SSSR count). The maximum absolute atomic E-state index is 12.1. The number of hydrogen-bond acceptors (Lipinski definition) is 4. The van der Waals surface area contributed by atoms with Crippen LogP contribution in [-0.4, -0.2) is 8.42 Å². The molecule has 2 N–H and O–H groups in total. The lowest BCUT2D eigenvalue weighted by atomic mass is 10.4. The van der Waals surface area contributed by atoms with Gasteiger partial charge in [-0.15, -0.1) is 11.3 Å². The highest BCUT2D eigenvalue weighted by molar-refractivity contribution is 7.93. The molecule has 0 spiro atoms. The van der Waals surface area contributed by atoms with Gasteiger partial charge in [0.1, 0.15) is 4.21 Å². The van der Waals surface area contributed by atoms with Crippen LogP contribution < -0.4 is 5.73 Å². The Balaban J connectivity index is 2.47. The Hall–Kier alpha value is -1.17. The molecule has 0 saturated heterocycles. The lowest BCUT2D eigenvalue weighted by Crippen LogP contribution is -1.99. The van der Waals surface area contributed by atoms with E-state index in [1.807, 2.05) is 0 Å². The number of benzene rings is 1. The van der Waals surface area contributed by atoms with Gasteiger partial charge in [-0.2, -0.15) is 0 Å². The molecular formula is C11H10NO2S2. The van der Waals surface area contributed by atoms with E-state index >= 15 is 0 Å². The molecule has 16 heavy (non-hydrogen) atoms. The fourth-order valence-electron chi connectivity index (χ4n) is 1.26. The summed E-state index contributed by atoms with van der Waals surface area (Å²) in [6, 6.07) is 12.6. The third kappa shape index (κ3) is 2.02. The monoisotopic (exact) mass is 252 g/mol. The van der Waals surface area contributed by atoms with Gasteiger partial charge in [-0.1, -0.05) is 18.2 Å². The van der Waals surface area contributed by atoms with Crippen LogP contribution in [0.4, 0.5) is 0 Å². The van der Waals surface area contributed by atoms with E-state index in [1.54, 1.807) is 30.3 Å². The maximum atomic E-state index is 12.1. The van der Waals surface area contributed by atoms with Gasteiger partial charge in [0.15, 0.2) is 0 Å². The van der Waals surface area contributed by atoms with Crippen LogP contribution in [0.25, 0.3) is 0 Å². The van der Waals surface area contributed by atoms with Gasteiger partial charge in [0.2, 0.25) is 9.84 Å². The Morgan fingerprint density at radius 3 is 2.62 bits per heavy atom. The summed E-state index contributed by atoms with van der Waals surface area (Å²) in [6.07, 6.45) is 0. The quantitative estimate of drug-likeness (QED) is 0.906. The molecule has 0 aliphatic rings. The van der Waals surface area contributed by atoms with Gasteiger partial charge in [-0.3, -0.25) is 0 Å². The smallest absolute Gasteiger partial charge is 0.216 e. The Morgan fingerprint density at radius 2 is 2.06 bits per heavy atom. The van der Waals surface area contributed by atoms with Crippen molar-refractivity contribution in [2.75, 3.05) is 0 Å². The average molecular weight is 252 g/mol. The van der Waals surface area contributed by atoms with Crippen LogP contribution in [-0.2, 0) is 16.4 Å². The molecule has 0 saturated carbocycles. The number of nitrogens with two attached hydrogens (primary N) is 1. The second kappa shape index (κ2) is 4.37. The summed E-state index contributed by atoms with van der Waals surface area (Å²) in [5, 5.41) is 0. The van der Waals surface area contributed by atoms with Crippen molar-refractivity contribution in [3.05, 3.63) is 47.3 Å². The Morgan fingerprint density at radius 1 is 1.25 bits per heavy atom. The van der Waals surface area contributed by atoms with Gasteiger partial charge < -0.3 is 5.73 Å². The highest BCUT2D eigenvalue weighted by atomic mass is 32.2. The summed E-state index contributed by atoms with van der Waals surface area (Å²) in [5.41, 5.74) is 5.45. The van der Waals surface area contributed by atoms with Crippen molar-refractivity contribution < 1.29 is 8.42 Å². The van der Waals surface area contributed by atoms with E-state index in [-0.39, 0.29) is 4.90 Å². The number of thiophene rings is 1. The molecule has 1 heterocycles. The van der Waals surface area contributed by atoms with Crippen molar-refractivity contribution in [3.8, 4) is 0 Å². The summed E-state index contributed by atoms with van der Waals surface area (Å²) in [7, 11) is -3.42. The number of sulfone groups is 1. The molecule has 0 aliphatic heterocycles. The van der Waals surface area contributed by atoms with Gasteiger partial charge in [-0.05, 0) is 18.2 Å². The van der Waals surface area contributed by atoms with Crippen molar-refractivity contribution in [1.29, 1.82) is 0 Å². The predicted octanol–water partition coefficient (Wildman–Crippen LogP) is 1.84. The first-order valence-electron chi connectivity index (χ1n) is 4.65. The summed E-state index contributed by atoms with van der Waals surface area (Å²) < 4.78 is 24.5. The van der Waals surface area contributed by atoms with E-state index in [0.717, 1.165) is 4.88 Å². The third-order valence-electron chi connectivity index (χ3n) is 2.07. The molecule has 0 bridgehead atoms. The zero-order valence-corrected chi connectivity index (χ0v) is 10.0. The molecule has 0 fully saturated rings. The summed E-state index contributed by atoms with van der Waals surface area (Å²) >= 11 is 1.20. The highest BCUT2D eigenvalue weighted by Gasteiger charge is 2.19. The first kappa shape index (κ1) is 11.3. The standard InChI is InChI=1S/C11H10NO2S2/c12-8-9-6-7-11(15-9)16(13,14)10-4-2-1-3-5-10/h1-4,6-7H,8,12H2. The highest BCUT2D eigenvalue weighted by Crippen LogP contribution is 2.27. The van der Waals surface area contributed by atoms with E-state index in [9.17, 15) is 8.42 Å². The minimum Gasteiger partial charge on any atom is -0.326 e. The minimum atomic E-state index is -3.42. The molecule has 1 radical (unpaired) electrons. The summed E-state index contributed by atoms with van der Waals surface area (Å²) in [5.74, 6) is 0. The SMILES string of the molecule is NCc1ccc(S(=O)(=O)c2[c]cccc2)s1. The molecule has 5 heteroatoms. The van der Waals surface area contributed by atoms with E-state index in [2.05, 4.69) is 6.07 Å².